The van der Waals surface area contributed by atoms with E-state index in [1.54, 1.807) is 42.5 Å². The molecule has 3 aromatic heterocycles. The van der Waals surface area contributed by atoms with Gasteiger partial charge in [-0.05, 0) is 42.0 Å². The number of aromatic nitrogens is 3. The van der Waals surface area contributed by atoms with E-state index in [4.69, 9.17) is 4.74 Å². The molecule has 224 valence electrons. The molecule has 5 aromatic rings. The summed E-state index contributed by atoms with van der Waals surface area (Å²) in [6.07, 6.45) is -6.97. The molecule has 0 spiro atoms. The van der Waals surface area contributed by atoms with E-state index in [1.165, 1.54) is 12.0 Å². The molecule has 44 heavy (non-hydrogen) atoms. The molecule has 0 unspecified atom stereocenters. The monoisotopic (exact) mass is 611 g/mol. The van der Waals surface area contributed by atoms with E-state index in [0.29, 0.717) is 22.9 Å². The fourth-order valence-corrected chi connectivity index (χ4v) is 5.12. The van der Waals surface area contributed by atoms with Gasteiger partial charge in [0.25, 0.3) is 11.8 Å². The van der Waals surface area contributed by atoms with Gasteiger partial charge in [-0.2, -0.15) is 26.3 Å². The molecule has 0 atom stereocenters. The Morgan fingerprint density at radius 1 is 0.932 bits per heavy atom. The molecule has 0 aliphatic carbocycles. The third-order valence-electron chi connectivity index (χ3n) is 7.08. The van der Waals surface area contributed by atoms with Crippen molar-refractivity contribution in [3.05, 3.63) is 107 Å². The summed E-state index contributed by atoms with van der Waals surface area (Å²) >= 11 is 0. The molecular weight excluding hydrogens is 592 g/mol. The van der Waals surface area contributed by atoms with Crippen molar-refractivity contribution in [2.45, 2.75) is 18.9 Å². The van der Waals surface area contributed by atoms with Gasteiger partial charge in [0, 0.05) is 28.9 Å². The second kappa shape index (κ2) is 10.4. The normalized spacial score (nSPS) is 13.1. The maximum atomic E-state index is 14.5. The van der Waals surface area contributed by atoms with Crippen LogP contribution in [0.3, 0.4) is 0 Å². The number of nitrogens with zero attached hydrogens (tertiary/aromatic N) is 4. The SMILES string of the molecule is COc1ccc(CN2C(=O)c3ncc(-n4ccc(C(=O)Nc5ccnc(C(F)(F)F)c5)c4C(F)(F)F)c4cccc2c34)cc1. The summed E-state index contributed by atoms with van der Waals surface area (Å²) in [6, 6.07) is 14.3. The fraction of sp³-hybridized carbons (Fsp3) is 0.133. The first-order valence-electron chi connectivity index (χ1n) is 12.9. The number of rotatable bonds is 6. The van der Waals surface area contributed by atoms with Crippen molar-refractivity contribution in [3.8, 4) is 11.4 Å². The van der Waals surface area contributed by atoms with Crippen LogP contribution < -0.4 is 15.0 Å². The van der Waals surface area contributed by atoms with Gasteiger partial charge in [0.05, 0.1) is 36.8 Å². The van der Waals surface area contributed by atoms with Crippen LogP contribution in [0.1, 0.15) is 37.8 Å². The van der Waals surface area contributed by atoms with Crippen molar-refractivity contribution < 1.29 is 40.7 Å². The van der Waals surface area contributed by atoms with Crippen LogP contribution in [0.15, 0.2) is 79.3 Å². The number of methoxy groups -OCH3 is 1. The Balaban J connectivity index is 1.40. The zero-order valence-electron chi connectivity index (χ0n) is 22.5. The second-order valence-corrected chi connectivity index (χ2v) is 9.76. The number of ether oxygens (including phenoxy) is 1. The largest absolute Gasteiger partial charge is 0.497 e. The molecule has 0 fully saturated rings. The van der Waals surface area contributed by atoms with Gasteiger partial charge in [-0.1, -0.05) is 24.3 Å². The van der Waals surface area contributed by atoms with E-state index in [-0.39, 0.29) is 29.0 Å². The third-order valence-corrected chi connectivity index (χ3v) is 7.08. The van der Waals surface area contributed by atoms with Crippen LogP contribution in [0, 0.1) is 0 Å². The van der Waals surface area contributed by atoms with Crippen molar-refractivity contribution in [2.75, 3.05) is 17.3 Å². The van der Waals surface area contributed by atoms with Gasteiger partial charge in [0.15, 0.2) is 0 Å². The maximum Gasteiger partial charge on any atom is 0.433 e. The van der Waals surface area contributed by atoms with Crippen LogP contribution in [0.4, 0.5) is 37.7 Å². The summed E-state index contributed by atoms with van der Waals surface area (Å²) in [7, 11) is 1.53. The highest BCUT2D eigenvalue weighted by molar-refractivity contribution is 6.24. The standard InChI is InChI=1S/C30H19F6N5O3/c1-44-18-7-5-16(6-8-18)15-41-21-4-2-3-19-22(14-38-25(24(19)21)28(41)43)40-12-10-20(26(40)30(34,35)36)27(42)39-17-9-11-37-23(13-17)29(31,32)33/h2-14H,15H2,1H3,(H,37,39,42). The molecule has 0 radical (unpaired) electrons. The van der Waals surface area contributed by atoms with Gasteiger partial charge in [0.1, 0.15) is 22.8 Å². The average molecular weight is 612 g/mol. The van der Waals surface area contributed by atoms with E-state index in [2.05, 4.69) is 15.3 Å². The molecule has 8 nitrogen and oxygen atoms in total. The number of hydrogen-bond acceptors (Lipinski definition) is 5. The van der Waals surface area contributed by atoms with Crippen LogP contribution in [0.2, 0.25) is 0 Å². The third kappa shape index (κ3) is 4.97. The Morgan fingerprint density at radius 3 is 2.36 bits per heavy atom. The van der Waals surface area contributed by atoms with Crippen molar-refractivity contribution >= 4 is 34.0 Å². The number of amides is 2. The minimum absolute atomic E-state index is 0.0562. The summed E-state index contributed by atoms with van der Waals surface area (Å²) in [5.41, 5.74) is -2.68. The van der Waals surface area contributed by atoms with Crippen molar-refractivity contribution in [1.29, 1.82) is 0 Å². The number of nitrogens with one attached hydrogen (secondary N) is 1. The van der Waals surface area contributed by atoms with Crippen LogP contribution in [-0.2, 0) is 18.9 Å². The molecular formula is C30H19F6N5O3. The van der Waals surface area contributed by atoms with E-state index in [0.717, 1.165) is 40.9 Å². The Kier molecular flexibility index (Phi) is 6.78. The highest BCUT2D eigenvalue weighted by Crippen LogP contribution is 2.42. The summed E-state index contributed by atoms with van der Waals surface area (Å²) < 4.78 is 88.5. The van der Waals surface area contributed by atoms with Crippen molar-refractivity contribution in [2.24, 2.45) is 0 Å². The number of hydrogen-bond donors (Lipinski definition) is 1. The van der Waals surface area contributed by atoms with Gasteiger partial charge >= 0.3 is 12.4 Å². The minimum atomic E-state index is -5.06. The fourth-order valence-electron chi connectivity index (χ4n) is 5.12. The number of benzene rings is 2. The average Bonchev–Trinajstić information content (AvgIpc) is 3.55. The van der Waals surface area contributed by atoms with E-state index >= 15 is 0 Å². The number of pyridine rings is 2. The second-order valence-electron chi connectivity index (χ2n) is 9.76. The van der Waals surface area contributed by atoms with Gasteiger partial charge < -0.3 is 19.5 Å². The summed E-state index contributed by atoms with van der Waals surface area (Å²) in [4.78, 5) is 35.2. The van der Waals surface area contributed by atoms with Crippen LogP contribution in [0.5, 0.6) is 5.75 Å². The zero-order valence-corrected chi connectivity index (χ0v) is 22.5. The molecule has 4 heterocycles. The minimum Gasteiger partial charge on any atom is -0.497 e. The summed E-state index contributed by atoms with van der Waals surface area (Å²) in [5.74, 6) is -1.09. The van der Waals surface area contributed by atoms with Gasteiger partial charge in [-0.15, -0.1) is 0 Å². The smallest absolute Gasteiger partial charge is 0.433 e. The van der Waals surface area contributed by atoms with Gasteiger partial charge in [-0.3, -0.25) is 14.6 Å². The number of carbonyl (C=O) groups is 2. The molecule has 2 amide bonds. The number of carbonyl (C=O) groups excluding carboxylic acids is 2. The van der Waals surface area contributed by atoms with Gasteiger partial charge in [-0.25, -0.2) is 4.98 Å². The molecule has 0 saturated heterocycles. The predicted octanol–water partition coefficient (Wildman–Crippen LogP) is 6.88. The van der Waals surface area contributed by atoms with Crippen molar-refractivity contribution in [1.82, 2.24) is 14.5 Å². The lowest BCUT2D eigenvalue weighted by Gasteiger charge is -2.18. The summed E-state index contributed by atoms with van der Waals surface area (Å²) in [6.45, 7) is 0.167. The van der Waals surface area contributed by atoms with Crippen LogP contribution in [-0.4, -0.2) is 33.5 Å². The topological polar surface area (TPSA) is 89.4 Å². The quantitative estimate of drug-likeness (QED) is 0.212. The lowest BCUT2D eigenvalue weighted by Crippen LogP contribution is -2.26. The lowest BCUT2D eigenvalue weighted by molar-refractivity contribution is -0.142. The van der Waals surface area contributed by atoms with Gasteiger partial charge in [0.2, 0.25) is 0 Å². The lowest BCUT2D eigenvalue weighted by atomic mass is 10.1. The molecule has 0 bridgehead atoms. The predicted molar refractivity (Wildman–Crippen MR) is 147 cm³/mol. The molecule has 0 saturated carbocycles. The first-order chi connectivity index (χ1) is 20.9. The molecule has 2 aromatic carbocycles. The Hall–Kier alpha value is -5.40. The Bertz CT molecular complexity index is 1930. The summed E-state index contributed by atoms with van der Waals surface area (Å²) in [5, 5.41) is 2.70. The van der Waals surface area contributed by atoms with E-state index in [9.17, 15) is 35.9 Å². The number of alkyl halides is 6. The molecule has 1 aliphatic rings. The Labute approximate surface area is 244 Å². The number of halogens is 6. The maximum absolute atomic E-state index is 14.5. The van der Waals surface area contributed by atoms with Crippen LogP contribution >= 0.6 is 0 Å². The number of anilines is 2. The highest BCUT2D eigenvalue weighted by atomic mass is 19.4. The molecule has 6 rings (SSSR count). The van der Waals surface area contributed by atoms with Crippen molar-refractivity contribution in [3.63, 3.8) is 0 Å². The molecule has 14 heteroatoms. The molecule has 1 N–H and O–H groups in total. The van der Waals surface area contributed by atoms with E-state index in [1.807, 2.05) is 0 Å². The first-order valence-corrected chi connectivity index (χ1v) is 12.9. The van der Waals surface area contributed by atoms with E-state index < -0.39 is 41.1 Å². The molecule has 1 aliphatic heterocycles. The van der Waals surface area contributed by atoms with Crippen LogP contribution in [0.25, 0.3) is 16.5 Å². The first kappa shape index (κ1) is 28.7. The highest BCUT2D eigenvalue weighted by Gasteiger charge is 2.41. The zero-order chi connectivity index (χ0) is 31.4. The Morgan fingerprint density at radius 2 is 1.68 bits per heavy atom.